The second-order valence-corrected chi connectivity index (χ2v) is 5.12. The van der Waals surface area contributed by atoms with E-state index >= 15 is 0 Å². The summed E-state index contributed by atoms with van der Waals surface area (Å²) in [5, 5.41) is 0. The molecule has 3 nitrogen and oxygen atoms in total. The van der Waals surface area contributed by atoms with Crippen LogP contribution in [0.5, 0.6) is 0 Å². The fourth-order valence-corrected chi connectivity index (χ4v) is 1.97. The normalized spacial score (nSPS) is 11.4. The SMILES string of the molecule is CCOC(=O)/C=C/OC(C#Cc1ccc(C)cc1)c1ccccc1. The van der Waals surface area contributed by atoms with E-state index in [1.807, 2.05) is 61.5 Å². The Morgan fingerprint density at radius 1 is 1.12 bits per heavy atom. The molecule has 0 saturated carbocycles. The molecule has 122 valence electrons. The summed E-state index contributed by atoms with van der Waals surface area (Å²) in [6.45, 7) is 4.12. The zero-order valence-electron chi connectivity index (χ0n) is 13.9. The molecule has 1 atom stereocenters. The predicted octanol–water partition coefficient (Wildman–Crippen LogP) is 4.18. The van der Waals surface area contributed by atoms with E-state index in [1.54, 1.807) is 6.92 Å². The molecule has 2 aromatic rings. The molecule has 0 aliphatic carbocycles. The van der Waals surface area contributed by atoms with E-state index in [0.29, 0.717) is 6.61 Å². The second-order valence-electron chi connectivity index (χ2n) is 5.12. The van der Waals surface area contributed by atoms with Crippen LogP contribution in [0.15, 0.2) is 66.9 Å². The van der Waals surface area contributed by atoms with Gasteiger partial charge in [-0.05, 0) is 31.9 Å². The lowest BCUT2D eigenvalue weighted by molar-refractivity contribution is -0.137. The highest BCUT2D eigenvalue weighted by molar-refractivity contribution is 5.81. The molecule has 0 N–H and O–H groups in total. The van der Waals surface area contributed by atoms with Gasteiger partial charge in [0.25, 0.3) is 0 Å². The molecular formula is C21H20O3. The van der Waals surface area contributed by atoms with E-state index in [1.165, 1.54) is 17.9 Å². The highest BCUT2D eigenvalue weighted by Crippen LogP contribution is 2.17. The number of esters is 1. The average Bonchev–Trinajstić information content (AvgIpc) is 2.60. The molecule has 0 aliphatic rings. The van der Waals surface area contributed by atoms with Crippen molar-refractivity contribution in [2.75, 3.05) is 6.61 Å². The predicted molar refractivity (Wildman–Crippen MR) is 94.1 cm³/mol. The van der Waals surface area contributed by atoms with Crippen LogP contribution < -0.4 is 0 Å². The fraction of sp³-hybridized carbons (Fsp3) is 0.190. The van der Waals surface area contributed by atoms with Gasteiger partial charge in [0.15, 0.2) is 6.10 Å². The monoisotopic (exact) mass is 320 g/mol. The Morgan fingerprint density at radius 2 is 1.83 bits per heavy atom. The fourth-order valence-electron chi connectivity index (χ4n) is 1.97. The maximum atomic E-state index is 11.3. The first-order valence-corrected chi connectivity index (χ1v) is 7.81. The number of hydrogen-bond acceptors (Lipinski definition) is 3. The summed E-state index contributed by atoms with van der Waals surface area (Å²) >= 11 is 0. The Balaban J connectivity index is 2.15. The number of hydrogen-bond donors (Lipinski definition) is 0. The van der Waals surface area contributed by atoms with Crippen LogP contribution in [0.1, 0.15) is 29.7 Å². The summed E-state index contributed by atoms with van der Waals surface area (Å²) in [4.78, 5) is 11.3. The van der Waals surface area contributed by atoms with E-state index in [2.05, 4.69) is 11.8 Å². The zero-order valence-corrected chi connectivity index (χ0v) is 13.9. The molecule has 0 aliphatic heterocycles. The van der Waals surface area contributed by atoms with Crippen molar-refractivity contribution in [2.45, 2.75) is 20.0 Å². The van der Waals surface area contributed by atoms with Crippen molar-refractivity contribution in [3.8, 4) is 11.8 Å². The van der Waals surface area contributed by atoms with Crippen LogP contribution >= 0.6 is 0 Å². The van der Waals surface area contributed by atoms with Crippen LogP contribution in [0, 0.1) is 18.8 Å². The lowest BCUT2D eigenvalue weighted by Gasteiger charge is -2.10. The van der Waals surface area contributed by atoms with Gasteiger partial charge < -0.3 is 9.47 Å². The van der Waals surface area contributed by atoms with Crippen molar-refractivity contribution in [2.24, 2.45) is 0 Å². The maximum Gasteiger partial charge on any atom is 0.333 e. The minimum Gasteiger partial charge on any atom is -0.480 e. The highest BCUT2D eigenvalue weighted by Gasteiger charge is 2.07. The first-order valence-electron chi connectivity index (χ1n) is 7.81. The number of rotatable bonds is 5. The van der Waals surface area contributed by atoms with Gasteiger partial charge in [0.1, 0.15) is 0 Å². The molecule has 0 heterocycles. The van der Waals surface area contributed by atoms with Gasteiger partial charge in [-0.25, -0.2) is 4.79 Å². The molecule has 0 spiro atoms. The van der Waals surface area contributed by atoms with Gasteiger partial charge in [-0.15, -0.1) is 0 Å². The molecule has 0 saturated heterocycles. The molecule has 0 radical (unpaired) electrons. The van der Waals surface area contributed by atoms with E-state index in [-0.39, 0.29) is 0 Å². The lowest BCUT2D eigenvalue weighted by Crippen LogP contribution is -2.01. The van der Waals surface area contributed by atoms with Gasteiger partial charge in [0, 0.05) is 11.1 Å². The van der Waals surface area contributed by atoms with E-state index in [0.717, 1.165) is 11.1 Å². The topological polar surface area (TPSA) is 35.5 Å². The average molecular weight is 320 g/mol. The Kier molecular flexibility index (Phi) is 6.67. The van der Waals surface area contributed by atoms with Crippen molar-refractivity contribution in [1.82, 2.24) is 0 Å². The summed E-state index contributed by atoms with van der Waals surface area (Å²) in [5.41, 5.74) is 3.03. The number of aryl methyl sites for hydroxylation is 1. The third-order valence-corrected chi connectivity index (χ3v) is 3.21. The van der Waals surface area contributed by atoms with E-state index in [9.17, 15) is 4.79 Å². The maximum absolute atomic E-state index is 11.3. The molecule has 0 aromatic heterocycles. The van der Waals surface area contributed by atoms with Gasteiger partial charge in [0.05, 0.1) is 18.9 Å². The quantitative estimate of drug-likeness (QED) is 0.359. The molecule has 1 unspecified atom stereocenters. The Labute approximate surface area is 142 Å². The minimum atomic E-state index is -0.460. The Hall–Kier alpha value is -2.99. The summed E-state index contributed by atoms with van der Waals surface area (Å²) in [6, 6.07) is 17.6. The Bertz CT molecular complexity index is 734. The number of carbonyl (C=O) groups is 1. The first-order chi connectivity index (χ1) is 11.7. The molecule has 2 rings (SSSR count). The standard InChI is InChI=1S/C21H20O3/c1-3-23-21(22)15-16-24-20(19-7-5-4-6-8-19)14-13-18-11-9-17(2)10-12-18/h4-12,15-16,20H,3H2,1-2H3/b16-15+. The summed E-state index contributed by atoms with van der Waals surface area (Å²) in [6.07, 6.45) is 2.13. The van der Waals surface area contributed by atoms with Crippen LogP contribution in [-0.4, -0.2) is 12.6 Å². The van der Waals surface area contributed by atoms with Crippen molar-refractivity contribution in [3.05, 3.63) is 83.6 Å². The van der Waals surface area contributed by atoms with E-state index in [4.69, 9.17) is 9.47 Å². The Morgan fingerprint density at radius 3 is 2.50 bits per heavy atom. The smallest absolute Gasteiger partial charge is 0.333 e. The van der Waals surface area contributed by atoms with Crippen molar-refractivity contribution in [3.63, 3.8) is 0 Å². The summed E-state index contributed by atoms with van der Waals surface area (Å²) in [7, 11) is 0. The second kappa shape index (κ2) is 9.22. The first kappa shape index (κ1) is 17.4. The molecular weight excluding hydrogens is 300 g/mol. The van der Waals surface area contributed by atoms with Gasteiger partial charge in [-0.1, -0.05) is 53.9 Å². The molecule has 0 amide bonds. The number of ether oxygens (including phenoxy) is 2. The van der Waals surface area contributed by atoms with Gasteiger partial charge in [-0.2, -0.15) is 0 Å². The molecule has 24 heavy (non-hydrogen) atoms. The van der Waals surface area contributed by atoms with Crippen LogP contribution in [-0.2, 0) is 14.3 Å². The zero-order chi connectivity index (χ0) is 17.2. The lowest BCUT2D eigenvalue weighted by atomic mass is 10.1. The third kappa shape index (κ3) is 5.66. The number of carbonyl (C=O) groups excluding carboxylic acids is 1. The van der Waals surface area contributed by atoms with Crippen LogP contribution in [0.2, 0.25) is 0 Å². The largest absolute Gasteiger partial charge is 0.480 e. The summed E-state index contributed by atoms with van der Waals surface area (Å²) in [5.74, 6) is 5.78. The third-order valence-electron chi connectivity index (χ3n) is 3.21. The minimum absolute atomic E-state index is 0.332. The van der Waals surface area contributed by atoms with E-state index < -0.39 is 12.1 Å². The number of benzene rings is 2. The molecule has 2 aromatic carbocycles. The van der Waals surface area contributed by atoms with Crippen molar-refractivity contribution >= 4 is 5.97 Å². The highest BCUT2D eigenvalue weighted by atomic mass is 16.5. The van der Waals surface area contributed by atoms with Crippen LogP contribution in [0.3, 0.4) is 0 Å². The van der Waals surface area contributed by atoms with Gasteiger partial charge >= 0.3 is 5.97 Å². The van der Waals surface area contributed by atoms with Crippen LogP contribution in [0.25, 0.3) is 0 Å². The van der Waals surface area contributed by atoms with Crippen molar-refractivity contribution < 1.29 is 14.3 Å². The van der Waals surface area contributed by atoms with Crippen LogP contribution in [0.4, 0.5) is 0 Å². The summed E-state index contributed by atoms with van der Waals surface area (Å²) < 4.78 is 10.5. The van der Waals surface area contributed by atoms with Gasteiger partial charge in [0.2, 0.25) is 0 Å². The molecule has 0 fully saturated rings. The van der Waals surface area contributed by atoms with Crippen molar-refractivity contribution in [1.29, 1.82) is 0 Å². The van der Waals surface area contributed by atoms with Gasteiger partial charge in [-0.3, -0.25) is 0 Å². The molecule has 3 heteroatoms. The molecule has 0 bridgehead atoms.